The molecule has 0 amide bonds. The Bertz CT molecular complexity index is 902. The summed E-state index contributed by atoms with van der Waals surface area (Å²) in [5.74, 6) is 0.904. The Kier molecular flexibility index (Phi) is 11.0. The van der Waals surface area contributed by atoms with Gasteiger partial charge in [0, 0.05) is 30.5 Å². The fraction of sp³-hybridized carbons (Fsp3) is 0.433. The summed E-state index contributed by atoms with van der Waals surface area (Å²) in [6.45, 7) is 6.85. The zero-order chi connectivity index (χ0) is 23.1. The zero-order valence-electron chi connectivity index (χ0n) is 20.4. The number of aromatic nitrogens is 1. The highest BCUT2D eigenvalue weighted by atomic mass is 16.5. The summed E-state index contributed by atoms with van der Waals surface area (Å²) < 4.78 is 11.5. The van der Waals surface area contributed by atoms with Gasteiger partial charge in [0.1, 0.15) is 5.75 Å². The summed E-state index contributed by atoms with van der Waals surface area (Å²) in [5.41, 5.74) is 5.86. The van der Waals surface area contributed by atoms with E-state index in [1.807, 2.05) is 18.3 Å². The van der Waals surface area contributed by atoms with E-state index in [9.17, 15) is 0 Å². The smallest absolute Gasteiger partial charge is 0.119 e. The van der Waals surface area contributed by atoms with Crippen molar-refractivity contribution in [1.82, 2.24) is 4.98 Å². The van der Waals surface area contributed by atoms with Gasteiger partial charge in [0.05, 0.1) is 12.3 Å². The maximum Gasteiger partial charge on any atom is 0.119 e. The summed E-state index contributed by atoms with van der Waals surface area (Å²) in [4.78, 5) is 4.70. The first-order chi connectivity index (χ1) is 16.3. The second-order valence-electron chi connectivity index (χ2n) is 8.63. The van der Waals surface area contributed by atoms with Gasteiger partial charge in [0.15, 0.2) is 0 Å². The van der Waals surface area contributed by atoms with Crippen LogP contribution in [-0.2, 0) is 11.2 Å². The van der Waals surface area contributed by atoms with E-state index in [1.54, 1.807) is 0 Å². The average Bonchev–Trinajstić information content (AvgIpc) is 2.87. The van der Waals surface area contributed by atoms with Gasteiger partial charge in [-0.15, -0.1) is 0 Å². The first-order valence-electron chi connectivity index (χ1n) is 12.7. The Balaban J connectivity index is 1.45. The van der Waals surface area contributed by atoms with Crippen molar-refractivity contribution >= 4 is 0 Å². The van der Waals surface area contributed by atoms with Crippen LogP contribution in [0.15, 0.2) is 66.9 Å². The van der Waals surface area contributed by atoms with Crippen LogP contribution in [0, 0.1) is 0 Å². The summed E-state index contributed by atoms with van der Waals surface area (Å²) in [5, 5.41) is 0. The molecule has 0 aliphatic rings. The maximum atomic E-state index is 5.87. The quantitative estimate of drug-likeness (QED) is 0.221. The van der Waals surface area contributed by atoms with Gasteiger partial charge in [-0.25, -0.2) is 0 Å². The number of hydrogen-bond acceptors (Lipinski definition) is 3. The molecule has 0 bridgehead atoms. The lowest BCUT2D eigenvalue weighted by Crippen LogP contribution is -2.01. The molecule has 0 fully saturated rings. The van der Waals surface area contributed by atoms with E-state index in [-0.39, 0.29) is 0 Å². The van der Waals surface area contributed by atoms with Crippen LogP contribution in [0.4, 0.5) is 0 Å². The molecule has 1 heterocycles. The third kappa shape index (κ3) is 8.66. The van der Waals surface area contributed by atoms with Crippen molar-refractivity contribution in [2.75, 3.05) is 19.8 Å². The van der Waals surface area contributed by atoms with Gasteiger partial charge in [-0.05, 0) is 73.6 Å². The minimum atomic E-state index is 0.723. The Morgan fingerprint density at radius 2 is 1.27 bits per heavy atom. The molecule has 3 aromatic rings. The molecule has 0 radical (unpaired) electrons. The van der Waals surface area contributed by atoms with Gasteiger partial charge >= 0.3 is 0 Å². The molecular formula is C30H39NO2. The third-order valence-electron chi connectivity index (χ3n) is 5.86. The summed E-state index contributed by atoms with van der Waals surface area (Å²) in [6.07, 6.45) is 11.3. The Hall–Kier alpha value is -2.65. The molecule has 3 rings (SSSR count). The molecular weight excluding hydrogens is 406 g/mol. The number of aryl methyl sites for hydroxylation is 1. The Labute approximate surface area is 200 Å². The zero-order valence-corrected chi connectivity index (χ0v) is 20.4. The molecule has 0 saturated heterocycles. The molecule has 3 nitrogen and oxygen atoms in total. The molecule has 0 spiro atoms. The Morgan fingerprint density at radius 3 is 1.97 bits per heavy atom. The standard InChI is InChI=1S/C30H39NO2/c1-3-5-7-10-25-11-13-26(14-12-25)28-17-20-30(31-24-28)27-15-18-29(19-16-27)33-23-9-8-22-32-21-6-4-2/h11-20,24H,3-10,21-23H2,1-2H3. The minimum absolute atomic E-state index is 0.723. The van der Waals surface area contributed by atoms with E-state index in [4.69, 9.17) is 14.5 Å². The molecule has 1 aromatic heterocycles. The van der Waals surface area contributed by atoms with Crippen molar-refractivity contribution in [1.29, 1.82) is 0 Å². The largest absolute Gasteiger partial charge is 0.494 e. The average molecular weight is 446 g/mol. The number of rotatable bonds is 15. The summed E-state index contributed by atoms with van der Waals surface area (Å²) >= 11 is 0. The highest BCUT2D eigenvalue weighted by Gasteiger charge is 2.04. The lowest BCUT2D eigenvalue weighted by Gasteiger charge is -2.08. The molecule has 0 saturated carbocycles. The highest BCUT2D eigenvalue weighted by Crippen LogP contribution is 2.25. The van der Waals surface area contributed by atoms with E-state index in [0.29, 0.717) is 0 Å². The lowest BCUT2D eigenvalue weighted by molar-refractivity contribution is 0.123. The SMILES string of the molecule is CCCCCc1ccc(-c2ccc(-c3ccc(OCCCCOCCCC)cc3)nc2)cc1. The van der Waals surface area contributed by atoms with Crippen LogP contribution in [0.5, 0.6) is 5.75 Å². The van der Waals surface area contributed by atoms with Gasteiger partial charge in [0.25, 0.3) is 0 Å². The monoisotopic (exact) mass is 445 g/mol. The molecule has 0 unspecified atom stereocenters. The van der Waals surface area contributed by atoms with Gasteiger partial charge in [-0.3, -0.25) is 4.98 Å². The van der Waals surface area contributed by atoms with Crippen molar-refractivity contribution < 1.29 is 9.47 Å². The predicted molar refractivity (Wildman–Crippen MR) is 139 cm³/mol. The second kappa shape index (κ2) is 14.5. The number of unbranched alkanes of at least 4 members (excludes halogenated alkanes) is 4. The highest BCUT2D eigenvalue weighted by molar-refractivity contribution is 5.67. The van der Waals surface area contributed by atoms with Crippen LogP contribution in [0.25, 0.3) is 22.4 Å². The summed E-state index contributed by atoms with van der Waals surface area (Å²) in [6, 6.07) is 21.4. The van der Waals surface area contributed by atoms with E-state index in [2.05, 4.69) is 62.4 Å². The lowest BCUT2D eigenvalue weighted by atomic mass is 10.0. The summed E-state index contributed by atoms with van der Waals surface area (Å²) in [7, 11) is 0. The molecule has 0 aliphatic carbocycles. The topological polar surface area (TPSA) is 31.4 Å². The van der Waals surface area contributed by atoms with Crippen LogP contribution < -0.4 is 4.74 Å². The molecule has 2 aromatic carbocycles. The van der Waals surface area contributed by atoms with E-state index >= 15 is 0 Å². The first kappa shape index (κ1) is 25.0. The van der Waals surface area contributed by atoms with E-state index in [1.165, 1.54) is 43.2 Å². The van der Waals surface area contributed by atoms with E-state index in [0.717, 1.165) is 61.7 Å². The van der Waals surface area contributed by atoms with Gasteiger partial charge < -0.3 is 9.47 Å². The number of ether oxygens (including phenoxy) is 2. The predicted octanol–water partition coefficient (Wildman–Crippen LogP) is 8.12. The van der Waals surface area contributed by atoms with Crippen LogP contribution >= 0.6 is 0 Å². The minimum Gasteiger partial charge on any atom is -0.494 e. The van der Waals surface area contributed by atoms with Crippen LogP contribution in [0.3, 0.4) is 0 Å². The van der Waals surface area contributed by atoms with Gasteiger partial charge in [-0.2, -0.15) is 0 Å². The van der Waals surface area contributed by atoms with Crippen molar-refractivity contribution in [2.24, 2.45) is 0 Å². The van der Waals surface area contributed by atoms with E-state index < -0.39 is 0 Å². The van der Waals surface area contributed by atoms with Crippen molar-refractivity contribution in [2.45, 2.75) is 65.2 Å². The van der Waals surface area contributed by atoms with Crippen molar-refractivity contribution in [3.8, 4) is 28.1 Å². The third-order valence-corrected chi connectivity index (χ3v) is 5.86. The number of benzene rings is 2. The molecule has 3 heteroatoms. The molecule has 176 valence electrons. The van der Waals surface area contributed by atoms with Crippen LogP contribution in [0.1, 0.15) is 64.4 Å². The molecule has 0 aliphatic heterocycles. The number of pyridine rings is 1. The molecule has 0 N–H and O–H groups in total. The maximum absolute atomic E-state index is 5.87. The first-order valence-corrected chi connectivity index (χ1v) is 12.7. The molecule has 33 heavy (non-hydrogen) atoms. The normalized spacial score (nSPS) is 11.0. The van der Waals surface area contributed by atoms with Crippen molar-refractivity contribution in [3.63, 3.8) is 0 Å². The fourth-order valence-electron chi connectivity index (χ4n) is 3.74. The second-order valence-corrected chi connectivity index (χ2v) is 8.63. The Morgan fingerprint density at radius 1 is 0.606 bits per heavy atom. The van der Waals surface area contributed by atoms with Gasteiger partial charge in [-0.1, -0.05) is 63.4 Å². The number of nitrogens with zero attached hydrogens (tertiary/aromatic N) is 1. The van der Waals surface area contributed by atoms with Crippen LogP contribution in [0.2, 0.25) is 0 Å². The molecule has 0 atom stereocenters. The number of hydrogen-bond donors (Lipinski definition) is 0. The fourth-order valence-corrected chi connectivity index (χ4v) is 3.74. The van der Waals surface area contributed by atoms with Gasteiger partial charge in [0.2, 0.25) is 0 Å². The van der Waals surface area contributed by atoms with Crippen LogP contribution in [-0.4, -0.2) is 24.8 Å². The van der Waals surface area contributed by atoms with Crippen molar-refractivity contribution in [3.05, 3.63) is 72.4 Å².